The lowest BCUT2D eigenvalue weighted by atomic mass is 10.2. The molecule has 1 aromatic rings. The topological polar surface area (TPSA) is 40.5 Å². The average Bonchev–Trinajstić information content (AvgIpc) is 2.35. The van der Waals surface area contributed by atoms with Gasteiger partial charge in [0, 0.05) is 23.4 Å². The third-order valence-electron chi connectivity index (χ3n) is 2.62. The van der Waals surface area contributed by atoms with Crippen molar-refractivity contribution in [2.24, 2.45) is 0 Å². The van der Waals surface area contributed by atoms with Crippen LogP contribution in [0.4, 0.5) is 4.79 Å². The van der Waals surface area contributed by atoms with E-state index in [1.165, 1.54) is 4.90 Å². The number of carbonyl (C=O) groups is 1. The van der Waals surface area contributed by atoms with E-state index < -0.39 is 6.09 Å². The number of alkyl halides is 1. The maximum absolute atomic E-state index is 11.1. The number of nitrogens with zero attached hydrogens (tertiary/aromatic N) is 1. The van der Waals surface area contributed by atoms with Gasteiger partial charge >= 0.3 is 6.09 Å². The van der Waals surface area contributed by atoms with Crippen LogP contribution in [0.25, 0.3) is 0 Å². The van der Waals surface area contributed by atoms with Crippen molar-refractivity contribution in [3.8, 4) is 0 Å². The molecule has 0 heterocycles. The highest BCUT2D eigenvalue weighted by molar-refractivity contribution is 9.09. The number of amides is 1. The third-order valence-corrected chi connectivity index (χ3v) is 3.43. The highest BCUT2D eigenvalue weighted by Gasteiger charge is 2.11. The molecule has 0 aliphatic rings. The predicted molar refractivity (Wildman–Crippen MR) is 77.5 cm³/mol. The first kappa shape index (κ1) is 15.3. The van der Waals surface area contributed by atoms with Gasteiger partial charge in [0.25, 0.3) is 0 Å². The largest absolute Gasteiger partial charge is 0.465 e. The Morgan fingerprint density at radius 2 is 1.89 bits per heavy atom. The van der Waals surface area contributed by atoms with Crippen molar-refractivity contribution in [3.63, 3.8) is 0 Å². The van der Waals surface area contributed by atoms with Gasteiger partial charge in [-0.25, -0.2) is 4.79 Å². The zero-order valence-electron chi connectivity index (χ0n) is 10.1. The van der Waals surface area contributed by atoms with Crippen molar-refractivity contribution in [3.05, 3.63) is 34.9 Å². The van der Waals surface area contributed by atoms with Gasteiger partial charge in [-0.1, -0.05) is 46.1 Å². The van der Waals surface area contributed by atoms with Crippen LogP contribution < -0.4 is 0 Å². The van der Waals surface area contributed by atoms with Crippen LogP contribution in [0.5, 0.6) is 0 Å². The van der Waals surface area contributed by atoms with Gasteiger partial charge in [0.15, 0.2) is 0 Å². The molecule has 18 heavy (non-hydrogen) atoms. The molecule has 0 fully saturated rings. The third kappa shape index (κ3) is 5.74. The summed E-state index contributed by atoms with van der Waals surface area (Å²) in [6, 6.07) is 7.27. The zero-order valence-corrected chi connectivity index (χ0v) is 12.5. The van der Waals surface area contributed by atoms with Crippen LogP contribution in [-0.4, -0.2) is 28.0 Å². The Labute approximate surface area is 121 Å². The Bertz CT molecular complexity index is 370. The van der Waals surface area contributed by atoms with Gasteiger partial charge < -0.3 is 10.0 Å². The number of hydrogen-bond donors (Lipinski definition) is 1. The summed E-state index contributed by atoms with van der Waals surface area (Å²) in [6.07, 6.45) is 2.14. The Hall–Kier alpha value is -0.740. The second kappa shape index (κ2) is 8.38. The van der Waals surface area contributed by atoms with Crippen LogP contribution >= 0.6 is 27.5 Å². The van der Waals surface area contributed by atoms with Crippen LogP contribution in [0, 0.1) is 0 Å². The minimum atomic E-state index is -0.871. The summed E-state index contributed by atoms with van der Waals surface area (Å²) in [5, 5.41) is 10.8. The first-order valence-electron chi connectivity index (χ1n) is 5.91. The van der Waals surface area contributed by atoms with Crippen molar-refractivity contribution in [2.45, 2.75) is 25.8 Å². The Kier molecular flexibility index (Phi) is 7.13. The summed E-state index contributed by atoms with van der Waals surface area (Å²) >= 11 is 9.16. The lowest BCUT2D eigenvalue weighted by molar-refractivity contribution is 0.141. The first-order valence-corrected chi connectivity index (χ1v) is 7.41. The van der Waals surface area contributed by atoms with E-state index in [4.69, 9.17) is 16.7 Å². The quantitative estimate of drug-likeness (QED) is 0.593. The lowest BCUT2D eigenvalue weighted by Crippen LogP contribution is -2.29. The summed E-state index contributed by atoms with van der Waals surface area (Å²) in [6.45, 7) is 0.992. The molecule has 0 unspecified atom stereocenters. The molecule has 0 saturated heterocycles. The predicted octanol–water partition coefficient (Wildman–Crippen LogP) is 4.39. The van der Waals surface area contributed by atoms with Crippen molar-refractivity contribution < 1.29 is 9.90 Å². The molecule has 0 atom stereocenters. The standard InChI is InChI=1S/C13H17BrClNO2/c14-8-2-1-3-9-16(13(17)18)10-11-4-6-12(15)7-5-11/h4-7H,1-3,8-10H2,(H,17,18). The normalized spacial score (nSPS) is 10.3. The number of benzene rings is 1. The minimum absolute atomic E-state index is 0.417. The van der Waals surface area contributed by atoms with E-state index in [2.05, 4.69) is 15.9 Å². The molecular formula is C13H17BrClNO2. The van der Waals surface area contributed by atoms with E-state index in [1.807, 2.05) is 12.1 Å². The Balaban J connectivity index is 2.47. The first-order chi connectivity index (χ1) is 8.63. The molecule has 0 aromatic heterocycles. The zero-order chi connectivity index (χ0) is 13.4. The van der Waals surface area contributed by atoms with Crippen LogP contribution in [0.3, 0.4) is 0 Å². The van der Waals surface area contributed by atoms with Crippen molar-refractivity contribution >= 4 is 33.6 Å². The number of rotatable bonds is 7. The lowest BCUT2D eigenvalue weighted by Gasteiger charge is -2.19. The van der Waals surface area contributed by atoms with Crippen molar-refractivity contribution in [1.82, 2.24) is 4.90 Å². The molecule has 1 N–H and O–H groups in total. The molecule has 5 heteroatoms. The van der Waals surface area contributed by atoms with E-state index in [9.17, 15) is 4.79 Å². The number of unbranched alkanes of at least 4 members (excludes halogenated alkanes) is 2. The summed E-state index contributed by atoms with van der Waals surface area (Å²) in [5.74, 6) is 0. The molecule has 1 rings (SSSR count). The van der Waals surface area contributed by atoms with Gasteiger partial charge in [-0.2, -0.15) is 0 Å². The van der Waals surface area contributed by atoms with Crippen molar-refractivity contribution in [1.29, 1.82) is 0 Å². The molecule has 1 amide bonds. The summed E-state index contributed by atoms with van der Waals surface area (Å²) < 4.78 is 0. The second-order valence-corrected chi connectivity index (χ2v) is 5.31. The van der Waals surface area contributed by atoms with E-state index >= 15 is 0 Å². The minimum Gasteiger partial charge on any atom is -0.465 e. The van der Waals surface area contributed by atoms with Crippen LogP contribution in [0.15, 0.2) is 24.3 Å². The molecule has 0 saturated carbocycles. The van der Waals surface area contributed by atoms with Gasteiger partial charge in [-0.05, 0) is 30.5 Å². The van der Waals surface area contributed by atoms with Gasteiger partial charge in [0.1, 0.15) is 0 Å². The van der Waals surface area contributed by atoms with E-state index in [0.717, 1.165) is 30.2 Å². The highest BCUT2D eigenvalue weighted by atomic mass is 79.9. The Morgan fingerprint density at radius 3 is 2.44 bits per heavy atom. The maximum Gasteiger partial charge on any atom is 0.407 e. The number of carboxylic acid groups (broad SMARTS) is 1. The van der Waals surface area contributed by atoms with E-state index in [1.54, 1.807) is 12.1 Å². The van der Waals surface area contributed by atoms with Crippen LogP contribution in [-0.2, 0) is 6.54 Å². The van der Waals surface area contributed by atoms with E-state index in [-0.39, 0.29) is 0 Å². The molecule has 3 nitrogen and oxygen atoms in total. The fourth-order valence-corrected chi connectivity index (χ4v) is 2.15. The fourth-order valence-electron chi connectivity index (χ4n) is 1.63. The monoisotopic (exact) mass is 333 g/mol. The second-order valence-electron chi connectivity index (χ2n) is 4.08. The van der Waals surface area contributed by atoms with Gasteiger partial charge in [0.05, 0.1) is 0 Å². The van der Waals surface area contributed by atoms with Gasteiger partial charge in [-0.15, -0.1) is 0 Å². The molecule has 0 radical (unpaired) electrons. The summed E-state index contributed by atoms with van der Waals surface area (Å²) in [7, 11) is 0. The molecule has 0 aliphatic heterocycles. The fraction of sp³-hybridized carbons (Fsp3) is 0.462. The SMILES string of the molecule is O=C(O)N(CCCCCBr)Cc1ccc(Cl)cc1. The number of halogens is 2. The van der Waals surface area contributed by atoms with Gasteiger partial charge in [-0.3, -0.25) is 0 Å². The highest BCUT2D eigenvalue weighted by Crippen LogP contribution is 2.12. The smallest absolute Gasteiger partial charge is 0.407 e. The average molecular weight is 335 g/mol. The Morgan fingerprint density at radius 1 is 1.22 bits per heavy atom. The van der Waals surface area contributed by atoms with Gasteiger partial charge in [0.2, 0.25) is 0 Å². The molecule has 0 spiro atoms. The molecule has 0 aliphatic carbocycles. The maximum atomic E-state index is 11.1. The molecular weight excluding hydrogens is 318 g/mol. The summed E-state index contributed by atoms with van der Waals surface area (Å²) in [4.78, 5) is 12.6. The van der Waals surface area contributed by atoms with Crippen LogP contribution in [0.2, 0.25) is 5.02 Å². The van der Waals surface area contributed by atoms with Crippen LogP contribution in [0.1, 0.15) is 24.8 Å². The molecule has 0 bridgehead atoms. The molecule has 100 valence electrons. The van der Waals surface area contributed by atoms with Crippen molar-refractivity contribution in [2.75, 3.05) is 11.9 Å². The number of hydrogen-bond acceptors (Lipinski definition) is 1. The van der Waals surface area contributed by atoms with E-state index in [0.29, 0.717) is 18.1 Å². The molecule has 1 aromatic carbocycles. The summed E-state index contributed by atoms with van der Waals surface area (Å²) in [5.41, 5.74) is 0.960.